The van der Waals surface area contributed by atoms with Gasteiger partial charge in [-0.05, 0) is 43.9 Å². The highest BCUT2D eigenvalue weighted by atomic mass is 16.5. The van der Waals surface area contributed by atoms with E-state index >= 15 is 0 Å². The highest BCUT2D eigenvalue weighted by molar-refractivity contribution is 5.84. The summed E-state index contributed by atoms with van der Waals surface area (Å²) < 4.78 is 5.11. The van der Waals surface area contributed by atoms with Crippen LogP contribution in [0.25, 0.3) is 0 Å². The van der Waals surface area contributed by atoms with Crippen molar-refractivity contribution in [2.75, 3.05) is 13.2 Å². The first-order valence-electron chi connectivity index (χ1n) is 8.20. The molecule has 122 valence electrons. The molecular formula is C17H31NO3. The highest BCUT2D eigenvalue weighted by Gasteiger charge is 2.33. The van der Waals surface area contributed by atoms with Gasteiger partial charge in [-0.3, -0.25) is 4.79 Å². The fourth-order valence-corrected chi connectivity index (χ4v) is 3.25. The molecule has 1 amide bonds. The summed E-state index contributed by atoms with van der Waals surface area (Å²) in [5.41, 5.74) is 0.224. The lowest BCUT2D eigenvalue weighted by Gasteiger charge is -2.35. The van der Waals surface area contributed by atoms with E-state index in [1.807, 2.05) is 0 Å². The predicted octanol–water partition coefficient (Wildman–Crippen LogP) is 3.39. The number of hydrogen-bond acceptors (Lipinski definition) is 3. The normalized spacial score (nSPS) is 21.0. The first-order valence-corrected chi connectivity index (χ1v) is 8.20. The van der Waals surface area contributed by atoms with Gasteiger partial charge in [0.1, 0.15) is 6.04 Å². The number of hydrogen-bond donors (Lipinski definition) is 0. The van der Waals surface area contributed by atoms with E-state index in [1.165, 1.54) is 0 Å². The molecule has 0 spiro atoms. The second-order valence-electron chi connectivity index (χ2n) is 7.42. The average molecular weight is 297 g/mol. The largest absolute Gasteiger partial charge is 0.464 e. The second kappa shape index (κ2) is 7.81. The molecular weight excluding hydrogens is 266 g/mol. The van der Waals surface area contributed by atoms with Crippen molar-refractivity contribution in [2.45, 2.75) is 72.8 Å². The van der Waals surface area contributed by atoms with Gasteiger partial charge < -0.3 is 9.64 Å². The maximum atomic E-state index is 12.5. The lowest BCUT2D eigenvalue weighted by Crippen LogP contribution is -2.49. The molecule has 0 saturated carbocycles. The van der Waals surface area contributed by atoms with E-state index < -0.39 is 0 Å². The van der Waals surface area contributed by atoms with Gasteiger partial charge in [-0.15, -0.1) is 0 Å². The van der Waals surface area contributed by atoms with E-state index in [0.29, 0.717) is 25.5 Å². The van der Waals surface area contributed by atoms with Gasteiger partial charge >= 0.3 is 5.97 Å². The summed E-state index contributed by atoms with van der Waals surface area (Å²) in [5, 5.41) is 0. The van der Waals surface area contributed by atoms with Gasteiger partial charge in [0.05, 0.1) is 6.61 Å². The number of rotatable bonds is 5. The number of esters is 1. The molecule has 0 aliphatic carbocycles. The van der Waals surface area contributed by atoms with Crippen molar-refractivity contribution in [1.29, 1.82) is 0 Å². The van der Waals surface area contributed by atoms with Gasteiger partial charge in [0.2, 0.25) is 5.91 Å². The number of amides is 1. The Morgan fingerprint density at radius 3 is 2.52 bits per heavy atom. The van der Waals surface area contributed by atoms with Gasteiger partial charge in [0.15, 0.2) is 0 Å². The van der Waals surface area contributed by atoms with Crippen LogP contribution in [-0.2, 0) is 14.3 Å². The van der Waals surface area contributed by atoms with E-state index in [-0.39, 0.29) is 23.3 Å². The molecule has 1 aliphatic heterocycles. The molecule has 0 N–H and O–H groups in total. The molecule has 4 heteroatoms. The van der Waals surface area contributed by atoms with Gasteiger partial charge in [-0.25, -0.2) is 4.79 Å². The van der Waals surface area contributed by atoms with Gasteiger partial charge in [0.25, 0.3) is 0 Å². The second-order valence-corrected chi connectivity index (χ2v) is 7.42. The molecule has 0 aromatic rings. The molecule has 21 heavy (non-hydrogen) atoms. The quantitative estimate of drug-likeness (QED) is 0.731. The molecule has 4 nitrogen and oxygen atoms in total. The molecule has 0 aromatic carbocycles. The van der Waals surface area contributed by atoms with E-state index in [9.17, 15) is 9.59 Å². The third kappa shape index (κ3) is 6.06. The van der Waals surface area contributed by atoms with Crippen molar-refractivity contribution in [3.8, 4) is 0 Å². The molecule has 1 rings (SSSR count). The summed E-state index contributed by atoms with van der Waals surface area (Å²) in [6.45, 7) is 11.6. The van der Waals surface area contributed by atoms with E-state index in [1.54, 1.807) is 11.8 Å². The minimum absolute atomic E-state index is 0.101. The van der Waals surface area contributed by atoms with Crippen LogP contribution >= 0.6 is 0 Å². The molecule has 2 unspecified atom stereocenters. The summed E-state index contributed by atoms with van der Waals surface area (Å²) in [6.07, 6.45) is 4.24. The van der Waals surface area contributed by atoms with Crippen molar-refractivity contribution < 1.29 is 14.3 Å². The van der Waals surface area contributed by atoms with Crippen LogP contribution in [-0.4, -0.2) is 36.0 Å². The molecule has 1 saturated heterocycles. The zero-order valence-corrected chi connectivity index (χ0v) is 14.3. The Bertz CT molecular complexity index is 360. The monoisotopic (exact) mass is 297 g/mol. The smallest absolute Gasteiger partial charge is 0.328 e. The fraction of sp³-hybridized carbons (Fsp3) is 0.882. The molecule has 2 atom stereocenters. The maximum absolute atomic E-state index is 12.5. The van der Waals surface area contributed by atoms with E-state index in [0.717, 1.165) is 25.7 Å². The Morgan fingerprint density at radius 2 is 1.95 bits per heavy atom. The van der Waals surface area contributed by atoms with Crippen LogP contribution in [0.1, 0.15) is 66.7 Å². The van der Waals surface area contributed by atoms with Crippen molar-refractivity contribution >= 4 is 11.9 Å². The third-order valence-corrected chi connectivity index (χ3v) is 3.87. The lowest BCUT2D eigenvalue weighted by atomic mass is 9.84. The van der Waals surface area contributed by atoms with Crippen LogP contribution in [0.3, 0.4) is 0 Å². The molecule has 1 fully saturated rings. The summed E-state index contributed by atoms with van der Waals surface area (Å²) in [5.74, 6) is 0.195. The maximum Gasteiger partial charge on any atom is 0.328 e. The minimum atomic E-state index is -0.368. The SMILES string of the molecule is CCOC(=O)C1CCCCN1C(=O)CC(C)CC(C)(C)C. The first-order chi connectivity index (χ1) is 9.74. The topological polar surface area (TPSA) is 46.6 Å². The lowest BCUT2D eigenvalue weighted by molar-refractivity contribution is -0.157. The zero-order chi connectivity index (χ0) is 16.0. The van der Waals surface area contributed by atoms with Crippen molar-refractivity contribution in [1.82, 2.24) is 4.90 Å². The summed E-state index contributed by atoms with van der Waals surface area (Å²) in [7, 11) is 0. The van der Waals surface area contributed by atoms with Crippen LogP contribution in [0.2, 0.25) is 0 Å². The highest BCUT2D eigenvalue weighted by Crippen LogP contribution is 2.27. The number of carbonyl (C=O) groups is 2. The Kier molecular flexibility index (Phi) is 6.69. The summed E-state index contributed by atoms with van der Waals surface area (Å²) >= 11 is 0. The molecule has 0 radical (unpaired) electrons. The minimum Gasteiger partial charge on any atom is -0.464 e. The standard InChI is InChI=1S/C17H31NO3/c1-6-21-16(20)14-9-7-8-10-18(14)15(19)11-13(2)12-17(3,4)5/h13-14H,6-12H2,1-5H3. The van der Waals surface area contributed by atoms with Crippen molar-refractivity contribution in [3.05, 3.63) is 0 Å². The third-order valence-electron chi connectivity index (χ3n) is 3.87. The molecule has 0 bridgehead atoms. The van der Waals surface area contributed by atoms with E-state index in [2.05, 4.69) is 27.7 Å². The first kappa shape index (κ1) is 18.0. The average Bonchev–Trinajstić information content (AvgIpc) is 2.36. The number of nitrogens with zero attached hydrogens (tertiary/aromatic N) is 1. The summed E-state index contributed by atoms with van der Waals surface area (Å²) in [4.78, 5) is 26.3. The molecule has 1 aliphatic rings. The fourth-order valence-electron chi connectivity index (χ4n) is 3.25. The number of ether oxygens (including phenoxy) is 1. The Labute approximate surface area is 129 Å². The Balaban J connectivity index is 2.62. The van der Waals surface area contributed by atoms with Crippen LogP contribution < -0.4 is 0 Å². The number of likely N-dealkylation sites (tertiary alicyclic amines) is 1. The van der Waals surface area contributed by atoms with Crippen LogP contribution in [0.15, 0.2) is 0 Å². The van der Waals surface area contributed by atoms with Crippen LogP contribution in [0, 0.1) is 11.3 Å². The summed E-state index contributed by atoms with van der Waals surface area (Å²) in [6, 6.07) is -0.368. The van der Waals surface area contributed by atoms with Crippen molar-refractivity contribution in [2.24, 2.45) is 11.3 Å². The zero-order valence-electron chi connectivity index (χ0n) is 14.3. The molecule has 1 heterocycles. The van der Waals surface area contributed by atoms with Crippen LogP contribution in [0.4, 0.5) is 0 Å². The van der Waals surface area contributed by atoms with E-state index in [4.69, 9.17) is 4.74 Å². The Morgan fingerprint density at radius 1 is 1.29 bits per heavy atom. The van der Waals surface area contributed by atoms with Gasteiger partial charge in [0, 0.05) is 13.0 Å². The predicted molar refractivity (Wildman–Crippen MR) is 83.8 cm³/mol. The van der Waals surface area contributed by atoms with Crippen LogP contribution in [0.5, 0.6) is 0 Å². The van der Waals surface area contributed by atoms with Gasteiger partial charge in [-0.2, -0.15) is 0 Å². The number of piperidine rings is 1. The van der Waals surface area contributed by atoms with Gasteiger partial charge in [-0.1, -0.05) is 27.7 Å². The Hall–Kier alpha value is -1.06. The molecule has 0 aromatic heterocycles. The number of carbonyl (C=O) groups excluding carboxylic acids is 2. The van der Waals surface area contributed by atoms with Crippen molar-refractivity contribution in [3.63, 3.8) is 0 Å².